The van der Waals surface area contributed by atoms with Gasteiger partial charge in [-0.3, -0.25) is 4.79 Å². The van der Waals surface area contributed by atoms with Crippen molar-refractivity contribution in [3.63, 3.8) is 0 Å². The van der Waals surface area contributed by atoms with E-state index in [1.165, 1.54) is 25.3 Å². The molecule has 1 saturated heterocycles. The average Bonchev–Trinajstić information content (AvgIpc) is 3.19. The minimum atomic E-state index is -0.275. The van der Waals surface area contributed by atoms with Crippen molar-refractivity contribution in [2.24, 2.45) is 17.8 Å². The Morgan fingerprint density at radius 3 is 2.65 bits per heavy atom. The van der Waals surface area contributed by atoms with Crippen LogP contribution in [0.4, 0.5) is 10.2 Å². The van der Waals surface area contributed by atoms with Gasteiger partial charge in [-0.2, -0.15) is 0 Å². The average molecular weight is 340 g/mol. The van der Waals surface area contributed by atoms with E-state index in [1.54, 1.807) is 12.3 Å². The topological polar surface area (TPSA) is 45.2 Å². The van der Waals surface area contributed by atoms with Crippen LogP contribution in [0.1, 0.15) is 32.1 Å². The fourth-order valence-corrected chi connectivity index (χ4v) is 3.74. The van der Waals surface area contributed by atoms with Crippen LogP contribution in [0.3, 0.4) is 0 Å². The lowest BCUT2D eigenvalue weighted by atomic mass is 9.84. The van der Waals surface area contributed by atoms with E-state index in [9.17, 15) is 9.18 Å². The first-order chi connectivity index (χ1) is 10.7. The molecule has 2 heterocycles. The van der Waals surface area contributed by atoms with Crippen LogP contribution in [-0.2, 0) is 4.79 Å². The van der Waals surface area contributed by atoms with Gasteiger partial charge in [-0.25, -0.2) is 9.37 Å². The van der Waals surface area contributed by atoms with Crippen LogP contribution in [0.2, 0.25) is 0 Å². The first kappa shape index (κ1) is 16.5. The molecule has 0 radical (unpaired) electrons. The van der Waals surface area contributed by atoms with E-state index in [4.69, 9.17) is 0 Å². The maximum atomic E-state index is 14.0. The molecule has 126 valence electrons. The number of nitrogens with one attached hydrogen (secondary N) is 1. The molecule has 1 aromatic rings. The molecule has 4 rings (SSSR count). The molecule has 0 aromatic carbocycles. The van der Waals surface area contributed by atoms with Gasteiger partial charge in [-0.1, -0.05) is 6.42 Å². The Kier molecular flexibility index (Phi) is 4.76. The van der Waals surface area contributed by atoms with Crippen molar-refractivity contribution in [2.45, 2.75) is 38.1 Å². The molecule has 0 spiro atoms. The van der Waals surface area contributed by atoms with Crippen molar-refractivity contribution in [2.75, 3.05) is 18.0 Å². The zero-order chi connectivity index (χ0) is 15.1. The highest BCUT2D eigenvalue weighted by molar-refractivity contribution is 5.85. The lowest BCUT2D eigenvalue weighted by molar-refractivity contribution is -0.128. The number of nitrogens with zero attached hydrogens (tertiary/aromatic N) is 2. The van der Waals surface area contributed by atoms with Gasteiger partial charge in [0.05, 0.1) is 6.04 Å². The van der Waals surface area contributed by atoms with Crippen molar-refractivity contribution in [3.8, 4) is 0 Å². The SMILES string of the molecule is Cl.O=C(N[C@H]1CN(c2ncccc2F)C[C@@H]1C1CC1)C1CCC1. The Morgan fingerprint density at radius 2 is 2.04 bits per heavy atom. The molecule has 1 amide bonds. The predicted molar refractivity (Wildman–Crippen MR) is 89.1 cm³/mol. The molecule has 6 heteroatoms. The second kappa shape index (κ2) is 6.63. The highest BCUT2D eigenvalue weighted by Crippen LogP contribution is 2.42. The highest BCUT2D eigenvalue weighted by Gasteiger charge is 2.44. The first-order valence-corrected chi connectivity index (χ1v) is 8.38. The molecule has 3 aliphatic rings. The summed E-state index contributed by atoms with van der Waals surface area (Å²) >= 11 is 0. The monoisotopic (exact) mass is 339 g/mol. The quantitative estimate of drug-likeness (QED) is 0.917. The maximum absolute atomic E-state index is 14.0. The Balaban J connectivity index is 0.00000156. The molecule has 2 atom stereocenters. The molecule has 23 heavy (non-hydrogen) atoms. The van der Waals surface area contributed by atoms with Gasteiger partial charge in [-0.05, 0) is 43.7 Å². The van der Waals surface area contributed by atoms with Gasteiger partial charge >= 0.3 is 0 Å². The molecule has 2 aliphatic carbocycles. The number of halogens is 2. The Hall–Kier alpha value is -1.36. The Morgan fingerprint density at radius 1 is 1.26 bits per heavy atom. The van der Waals surface area contributed by atoms with Crippen LogP contribution >= 0.6 is 12.4 Å². The normalized spacial score (nSPS) is 27.3. The molecule has 2 saturated carbocycles. The van der Waals surface area contributed by atoms with E-state index < -0.39 is 0 Å². The summed E-state index contributed by atoms with van der Waals surface area (Å²) in [5, 5.41) is 3.24. The number of carbonyl (C=O) groups excluding carboxylic acids is 1. The molecular weight excluding hydrogens is 317 g/mol. The summed E-state index contributed by atoms with van der Waals surface area (Å²) in [6.07, 6.45) is 7.30. The highest BCUT2D eigenvalue weighted by atomic mass is 35.5. The van der Waals surface area contributed by atoms with Gasteiger partial charge in [0.1, 0.15) is 0 Å². The molecule has 3 fully saturated rings. The van der Waals surface area contributed by atoms with Crippen molar-refractivity contribution in [3.05, 3.63) is 24.1 Å². The third-order valence-electron chi connectivity index (χ3n) is 5.43. The molecule has 1 aliphatic heterocycles. The van der Waals surface area contributed by atoms with E-state index >= 15 is 0 Å². The minimum absolute atomic E-state index is 0. The zero-order valence-corrected chi connectivity index (χ0v) is 13.9. The Labute approximate surface area is 142 Å². The van der Waals surface area contributed by atoms with Gasteiger partial charge in [0.2, 0.25) is 5.91 Å². The molecule has 1 N–H and O–H groups in total. The first-order valence-electron chi connectivity index (χ1n) is 8.38. The summed E-state index contributed by atoms with van der Waals surface area (Å²) in [7, 11) is 0. The van der Waals surface area contributed by atoms with Crippen LogP contribution in [0.15, 0.2) is 18.3 Å². The molecular formula is C17H23ClFN3O. The van der Waals surface area contributed by atoms with Crippen molar-refractivity contribution in [1.82, 2.24) is 10.3 Å². The van der Waals surface area contributed by atoms with Crippen LogP contribution in [0.5, 0.6) is 0 Å². The fourth-order valence-electron chi connectivity index (χ4n) is 3.74. The van der Waals surface area contributed by atoms with E-state index in [0.717, 1.165) is 19.4 Å². The summed E-state index contributed by atoms with van der Waals surface area (Å²) in [4.78, 5) is 18.5. The fraction of sp³-hybridized carbons (Fsp3) is 0.647. The van der Waals surface area contributed by atoms with Gasteiger partial charge in [-0.15, -0.1) is 12.4 Å². The lowest BCUT2D eigenvalue weighted by Crippen LogP contribution is -2.45. The van der Waals surface area contributed by atoms with Crippen molar-refractivity contribution < 1.29 is 9.18 Å². The standard InChI is InChI=1S/C17H22FN3O.ClH/c18-14-5-2-8-19-16(14)21-9-13(11-6-7-11)15(10-21)20-17(22)12-3-1-4-12;/h2,5,8,11-13,15H,1,3-4,6-7,9-10H2,(H,20,22);1H/t13-,15+;/m1./s1. The van der Waals surface area contributed by atoms with Crippen LogP contribution in [0, 0.1) is 23.6 Å². The third-order valence-corrected chi connectivity index (χ3v) is 5.43. The second-order valence-electron chi connectivity index (χ2n) is 6.96. The van der Waals surface area contributed by atoms with Gasteiger partial charge in [0.25, 0.3) is 0 Å². The predicted octanol–water partition coefficient (Wildman–Crippen LogP) is 2.77. The molecule has 0 bridgehead atoms. The third kappa shape index (κ3) is 3.30. The zero-order valence-electron chi connectivity index (χ0n) is 13.1. The molecule has 0 unspecified atom stereocenters. The van der Waals surface area contributed by atoms with Crippen LogP contribution in [0.25, 0.3) is 0 Å². The number of amides is 1. The van der Waals surface area contributed by atoms with E-state index in [-0.39, 0.29) is 36.1 Å². The lowest BCUT2D eigenvalue weighted by Gasteiger charge is -2.27. The number of hydrogen-bond donors (Lipinski definition) is 1. The van der Waals surface area contributed by atoms with E-state index in [1.807, 2.05) is 4.90 Å². The maximum Gasteiger partial charge on any atom is 0.223 e. The van der Waals surface area contributed by atoms with Gasteiger partial charge in [0, 0.05) is 31.1 Å². The van der Waals surface area contributed by atoms with Crippen molar-refractivity contribution in [1.29, 1.82) is 0 Å². The van der Waals surface area contributed by atoms with Crippen molar-refractivity contribution >= 4 is 24.1 Å². The minimum Gasteiger partial charge on any atom is -0.352 e. The number of rotatable bonds is 4. The summed E-state index contributed by atoms with van der Waals surface area (Å²) in [6, 6.07) is 3.21. The smallest absolute Gasteiger partial charge is 0.223 e. The Bertz CT molecular complexity index is 577. The van der Waals surface area contributed by atoms with Gasteiger partial charge < -0.3 is 10.2 Å². The molecule has 1 aromatic heterocycles. The number of anilines is 1. The molecule has 4 nitrogen and oxygen atoms in total. The summed E-state index contributed by atoms with van der Waals surface area (Å²) in [5.74, 6) is 1.68. The summed E-state index contributed by atoms with van der Waals surface area (Å²) in [5.41, 5.74) is 0. The second-order valence-corrected chi connectivity index (χ2v) is 6.96. The van der Waals surface area contributed by atoms with E-state index in [0.29, 0.717) is 24.2 Å². The summed E-state index contributed by atoms with van der Waals surface area (Å²) < 4.78 is 14.0. The summed E-state index contributed by atoms with van der Waals surface area (Å²) in [6.45, 7) is 1.47. The number of aromatic nitrogens is 1. The number of hydrogen-bond acceptors (Lipinski definition) is 3. The number of pyridine rings is 1. The largest absolute Gasteiger partial charge is 0.352 e. The number of carbonyl (C=O) groups is 1. The van der Waals surface area contributed by atoms with Crippen LogP contribution < -0.4 is 10.2 Å². The van der Waals surface area contributed by atoms with E-state index in [2.05, 4.69) is 10.3 Å². The van der Waals surface area contributed by atoms with Gasteiger partial charge in [0.15, 0.2) is 11.6 Å². The van der Waals surface area contributed by atoms with Crippen LogP contribution in [-0.4, -0.2) is 30.0 Å².